The Hall–Kier alpha value is -0.160. The summed E-state index contributed by atoms with van der Waals surface area (Å²) in [5, 5.41) is 0. The standard InChI is InChI=1S/C18H36N4/c1-4-19-7-9-20(10-8-19)15-18(5-6-18)16-21-11-13-22(14-12-21)17(2)3/h17H,4-16H2,1-3H3. The molecular formula is C18H36N4. The molecule has 2 aliphatic heterocycles. The molecule has 0 radical (unpaired) electrons. The van der Waals surface area contributed by atoms with Crippen LogP contribution in [0.1, 0.15) is 33.6 Å². The van der Waals surface area contributed by atoms with Gasteiger partial charge in [-0.15, -0.1) is 0 Å². The molecule has 0 unspecified atom stereocenters. The maximum atomic E-state index is 2.74. The first kappa shape index (κ1) is 16.7. The van der Waals surface area contributed by atoms with Gasteiger partial charge in [0.1, 0.15) is 0 Å². The lowest BCUT2D eigenvalue weighted by Crippen LogP contribution is -2.52. The fourth-order valence-corrected chi connectivity index (χ4v) is 4.19. The van der Waals surface area contributed by atoms with Gasteiger partial charge >= 0.3 is 0 Å². The van der Waals surface area contributed by atoms with Crippen LogP contribution < -0.4 is 0 Å². The Labute approximate surface area is 137 Å². The Bertz CT molecular complexity index is 337. The first-order valence-corrected chi connectivity index (χ1v) is 9.51. The van der Waals surface area contributed by atoms with Crippen molar-refractivity contribution in [2.24, 2.45) is 5.41 Å². The van der Waals surface area contributed by atoms with Gasteiger partial charge in [-0.25, -0.2) is 0 Å². The van der Waals surface area contributed by atoms with Crippen LogP contribution in [0.3, 0.4) is 0 Å². The van der Waals surface area contributed by atoms with Crippen molar-refractivity contribution in [1.82, 2.24) is 19.6 Å². The number of rotatable bonds is 6. The van der Waals surface area contributed by atoms with Crippen molar-refractivity contribution in [3.05, 3.63) is 0 Å². The Balaban J connectivity index is 1.41. The molecule has 2 heterocycles. The summed E-state index contributed by atoms with van der Waals surface area (Å²) >= 11 is 0. The van der Waals surface area contributed by atoms with Crippen LogP contribution in [-0.2, 0) is 0 Å². The van der Waals surface area contributed by atoms with E-state index in [1.807, 2.05) is 0 Å². The van der Waals surface area contributed by atoms with Gasteiger partial charge in [0.25, 0.3) is 0 Å². The highest BCUT2D eigenvalue weighted by atomic mass is 15.3. The Morgan fingerprint density at radius 3 is 1.59 bits per heavy atom. The summed E-state index contributed by atoms with van der Waals surface area (Å²) in [5.41, 5.74) is 0.647. The Kier molecular flexibility index (Phi) is 5.43. The van der Waals surface area contributed by atoms with Crippen LogP contribution in [0.2, 0.25) is 0 Å². The van der Waals surface area contributed by atoms with Gasteiger partial charge in [-0.3, -0.25) is 4.90 Å². The van der Waals surface area contributed by atoms with Crippen LogP contribution in [0.15, 0.2) is 0 Å². The first-order valence-electron chi connectivity index (χ1n) is 9.51. The highest BCUT2D eigenvalue weighted by molar-refractivity contribution is 4.99. The second-order valence-corrected chi connectivity index (χ2v) is 8.12. The third kappa shape index (κ3) is 4.22. The third-order valence-corrected chi connectivity index (χ3v) is 6.12. The van der Waals surface area contributed by atoms with Gasteiger partial charge in [-0.05, 0) is 38.6 Å². The molecule has 0 atom stereocenters. The van der Waals surface area contributed by atoms with Gasteiger partial charge in [-0.1, -0.05) is 6.92 Å². The van der Waals surface area contributed by atoms with Crippen LogP contribution in [0.5, 0.6) is 0 Å². The van der Waals surface area contributed by atoms with Crippen molar-refractivity contribution >= 4 is 0 Å². The average molecular weight is 309 g/mol. The summed E-state index contributed by atoms with van der Waals surface area (Å²) < 4.78 is 0. The highest BCUT2D eigenvalue weighted by Gasteiger charge is 2.45. The summed E-state index contributed by atoms with van der Waals surface area (Å²) in [5.74, 6) is 0. The molecule has 0 aromatic rings. The minimum atomic E-state index is 0.647. The van der Waals surface area contributed by atoms with Crippen molar-refractivity contribution in [2.75, 3.05) is 72.0 Å². The minimum Gasteiger partial charge on any atom is -0.301 e. The van der Waals surface area contributed by atoms with Crippen LogP contribution in [0.4, 0.5) is 0 Å². The Morgan fingerprint density at radius 1 is 0.727 bits per heavy atom. The monoisotopic (exact) mass is 308 g/mol. The second kappa shape index (κ2) is 7.16. The van der Waals surface area contributed by atoms with Crippen LogP contribution in [0, 0.1) is 5.41 Å². The normalized spacial score (nSPS) is 28.4. The molecule has 0 aromatic heterocycles. The molecule has 2 saturated heterocycles. The summed E-state index contributed by atoms with van der Waals surface area (Å²) in [6.07, 6.45) is 2.93. The Morgan fingerprint density at radius 2 is 1.18 bits per heavy atom. The van der Waals surface area contributed by atoms with E-state index in [9.17, 15) is 0 Å². The molecule has 0 amide bonds. The molecule has 22 heavy (non-hydrogen) atoms. The summed E-state index contributed by atoms with van der Waals surface area (Å²) in [4.78, 5) is 10.7. The van der Waals surface area contributed by atoms with Crippen LogP contribution in [0.25, 0.3) is 0 Å². The largest absolute Gasteiger partial charge is 0.301 e. The lowest BCUT2D eigenvalue weighted by Gasteiger charge is -2.40. The zero-order valence-electron chi connectivity index (χ0n) is 15.1. The lowest BCUT2D eigenvalue weighted by molar-refractivity contribution is 0.0716. The summed E-state index contributed by atoms with van der Waals surface area (Å²) in [6, 6.07) is 0.715. The van der Waals surface area contributed by atoms with E-state index >= 15 is 0 Å². The smallest absolute Gasteiger partial charge is 0.0113 e. The lowest BCUT2D eigenvalue weighted by atomic mass is 10.0. The molecule has 0 bridgehead atoms. The molecule has 1 saturated carbocycles. The second-order valence-electron chi connectivity index (χ2n) is 8.12. The predicted octanol–water partition coefficient (Wildman–Crippen LogP) is 1.43. The molecule has 4 heteroatoms. The topological polar surface area (TPSA) is 13.0 Å². The van der Waals surface area contributed by atoms with Gasteiger partial charge in [0.2, 0.25) is 0 Å². The van der Waals surface area contributed by atoms with E-state index in [0.29, 0.717) is 11.5 Å². The van der Waals surface area contributed by atoms with E-state index in [0.717, 1.165) is 0 Å². The molecule has 4 nitrogen and oxygen atoms in total. The zero-order chi connectivity index (χ0) is 15.6. The van der Waals surface area contributed by atoms with Crippen molar-refractivity contribution in [1.29, 1.82) is 0 Å². The SMILES string of the molecule is CCN1CCN(CC2(CN3CCN(C(C)C)CC3)CC2)CC1. The molecule has 3 aliphatic rings. The predicted molar refractivity (Wildman–Crippen MR) is 93.4 cm³/mol. The number of hydrogen-bond acceptors (Lipinski definition) is 4. The van der Waals surface area contributed by atoms with Gasteiger partial charge in [0, 0.05) is 71.5 Å². The van der Waals surface area contributed by atoms with Crippen molar-refractivity contribution in [2.45, 2.75) is 39.7 Å². The maximum absolute atomic E-state index is 2.74. The molecule has 128 valence electrons. The minimum absolute atomic E-state index is 0.647. The third-order valence-electron chi connectivity index (χ3n) is 6.12. The molecule has 3 rings (SSSR count). The number of hydrogen-bond donors (Lipinski definition) is 0. The van der Waals surface area contributed by atoms with E-state index in [4.69, 9.17) is 0 Å². The van der Waals surface area contributed by atoms with E-state index in [2.05, 4.69) is 40.4 Å². The molecule has 0 aromatic carbocycles. The quantitative estimate of drug-likeness (QED) is 0.736. The average Bonchev–Trinajstić information content (AvgIpc) is 3.28. The number of piperazine rings is 2. The van der Waals surface area contributed by atoms with E-state index < -0.39 is 0 Å². The van der Waals surface area contributed by atoms with Crippen LogP contribution >= 0.6 is 0 Å². The van der Waals surface area contributed by atoms with Crippen molar-refractivity contribution in [3.8, 4) is 0 Å². The van der Waals surface area contributed by atoms with Crippen LogP contribution in [-0.4, -0.2) is 97.6 Å². The summed E-state index contributed by atoms with van der Waals surface area (Å²) in [7, 11) is 0. The van der Waals surface area contributed by atoms with Crippen molar-refractivity contribution in [3.63, 3.8) is 0 Å². The van der Waals surface area contributed by atoms with Gasteiger partial charge in [0.15, 0.2) is 0 Å². The fourth-order valence-electron chi connectivity index (χ4n) is 4.19. The molecule has 3 fully saturated rings. The fraction of sp³-hybridized carbons (Fsp3) is 1.00. The van der Waals surface area contributed by atoms with Gasteiger partial charge in [0.05, 0.1) is 0 Å². The highest BCUT2D eigenvalue weighted by Crippen LogP contribution is 2.47. The molecule has 1 aliphatic carbocycles. The van der Waals surface area contributed by atoms with E-state index in [-0.39, 0.29) is 0 Å². The first-order chi connectivity index (χ1) is 10.6. The molecule has 0 N–H and O–H groups in total. The number of likely N-dealkylation sites (N-methyl/N-ethyl adjacent to an activating group) is 1. The number of nitrogens with zero attached hydrogens (tertiary/aromatic N) is 4. The summed E-state index contributed by atoms with van der Waals surface area (Å²) in [6.45, 7) is 21.1. The molecule has 0 spiro atoms. The van der Waals surface area contributed by atoms with E-state index in [1.54, 1.807) is 0 Å². The van der Waals surface area contributed by atoms with Gasteiger partial charge in [-0.2, -0.15) is 0 Å². The molecular weight excluding hydrogens is 272 g/mol. The van der Waals surface area contributed by atoms with Gasteiger partial charge < -0.3 is 14.7 Å². The van der Waals surface area contributed by atoms with E-state index in [1.165, 1.54) is 84.8 Å². The zero-order valence-corrected chi connectivity index (χ0v) is 15.1. The van der Waals surface area contributed by atoms with Crippen molar-refractivity contribution < 1.29 is 0 Å². The maximum Gasteiger partial charge on any atom is 0.0113 e.